The van der Waals surface area contributed by atoms with Crippen LogP contribution in [-0.2, 0) is 11.2 Å². The van der Waals surface area contributed by atoms with Crippen LogP contribution in [0.3, 0.4) is 0 Å². The predicted octanol–water partition coefficient (Wildman–Crippen LogP) is 3.02. The fourth-order valence-electron chi connectivity index (χ4n) is 3.29. The van der Waals surface area contributed by atoms with E-state index >= 15 is 0 Å². The number of fused-ring (bicyclic) bond motifs is 1. The van der Waals surface area contributed by atoms with E-state index in [9.17, 15) is 14.7 Å². The Labute approximate surface area is 166 Å². The van der Waals surface area contributed by atoms with Crippen LogP contribution in [0.4, 0.5) is 0 Å². The highest BCUT2D eigenvalue weighted by atomic mass is 35.5. The molecule has 3 heterocycles. The Hall–Kier alpha value is -2.42. The van der Waals surface area contributed by atoms with Crippen LogP contribution in [0.5, 0.6) is 0 Å². The van der Waals surface area contributed by atoms with Crippen molar-refractivity contribution in [3.05, 3.63) is 55.6 Å². The fraction of sp³-hybridized carbons (Fsp3) is 0.188. The molecule has 0 saturated carbocycles. The summed E-state index contributed by atoms with van der Waals surface area (Å²) in [4.78, 5) is 24.3. The molecule has 2 aromatic heterocycles. The quantitative estimate of drug-likeness (QED) is 0.690. The van der Waals surface area contributed by atoms with Crippen LogP contribution in [0.1, 0.15) is 18.2 Å². The molecule has 11 heteroatoms. The van der Waals surface area contributed by atoms with Gasteiger partial charge in [-0.15, -0.1) is 5.10 Å². The molecular weight excluding hydrogens is 417 g/mol. The van der Waals surface area contributed by atoms with Crippen molar-refractivity contribution < 1.29 is 9.90 Å². The number of aliphatic carboxylic acids is 1. The Balaban J connectivity index is 2.03. The number of nitrogens with zero attached hydrogens (tertiary/aromatic N) is 5. The maximum Gasteiger partial charge on any atom is 0.326 e. The van der Waals surface area contributed by atoms with E-state index in [0.717, 1.165) is 4.57 Å². The van der Waals surface area contributed by atoms with Crippen molar-refractivity contribution in [3.8, 4) is 16.8 Å². The molecule has 1 atom stereocenters. The molecule has 8 nitrogen and oxygen atoms in total. The van der Waals surface area contributed by atoms with Crippen LogP contribution < -0.4 is 5.56 Å². The summed E-state index contributed by atoms with van der Waals surface area (Å²) in [5.74, 6) is -1.10. The van der Waals surface area contributed by atoms with Crippen molar-refractivity contribution >= 4 is 40.8 Å². The standard InChI is InChI=1S/C16H10Cl3N5O3/c17-7-1-2-9(23-6-20-21-22-23)8(5-7)12-13(18)10-3-4-11(16(26)27)24(10)15(25)14(12)19/h1-2,5-6,11H,3-4H2,(H,26,27). The summed E-state index contributed by atoms with van der Waals surface area (Å²) in [6.07, 6.45) is 1.99. The second-order valence-corrected chi connectivity index (χ2v) is 7.13. The van der Waals surface area contributed by atoms with Gasteiger partial charge < -0.3 is 5.11 Å². The van der Waals surface area contributed by atoms with Gasteiger partial charge in [0, 0.05) is 21.8 Å². The van der Waals surface area contributed by atoms with Crippen molar-refractivity contribution in [1.29, 1.82) is 0 Å². The molecule has 1 aliphatic heterocycles. The number of carbonyl (C=O) groups is 1. The van der Waals surface area contributed by atoms with Gasteiger partial charge in [0.1, 0.15) is 17.4 Å². The minimum atomic E-state index is -1.10. The van der Waals surface area contributed by atoms with E-state index in [-0.39, 0.29) is 22.0 Å². The zero-order valence-corrected chi connectivity index (χ0v) is 15.7. The summed E-state index contributed by atoms with van der Waals surface area (Å²) in [6.45, 7) is 0. The molecule has 0 amide bonds. The third-order valence-corrected chi connectivity index (χ3v) is 5.46. The van der Waals surface area contributed by atoms with Gasteiger partial charge in [-0.05, 0) is 41.5 Å². The van der Waals surface area contributed by atoms with Crippen LogP contribution in [0.2, 0.25) is 15.1 Å². The van der Waals surface area contributed by atoms with Crippen molar-refractivity contribution in [1.82, 2.24) is 24.8 Å². The summed E-state index contributed by atoms with van der Waals surface area (Å²) in [5, 5.41) is 20.9. The lowest BCUT2D eigenvalue weighted by Gasteiger charge is -2.17. The van der Waals surface area contributed by atoms with E-state index in [2.05, 4.69) is 15.5 Å². The number of hydrogen-bond donors (Lipinski definition) is 1. The van der Waals surface area contributed by atoms with Gasteiger partial charge in [0.25, 0.3) is 5.56 Å². The summed E-state index contributed by atoms with van der Waals surface area (Å²) >= 11 is 19.1. The van der Waals surface area contributed by atoms with E-state index < -0.39 is 17.6 Å². The Morgan fingerprint density at radius 3 is 2.67 bits per heavy atom. The summed E-state index contributed by atoms with van der Waals surface area (Å²) in [6, 6.07) is 3.93. The largest absolute Gasteiger partial charge is 0.480 e. The molecule has 0 fully saturated rings. The summed E-state index contributed by atoms with van der Waals surface area (Å²) < 4.78 is 2.54. The number of carboxylic acid groups (broad SMARTS) is 1. The van der Waals surface area contributed by atoms with Gasteiger partial charge in [0.2, 0.25) is 0 Å². The maximum absolute atomic E-state index is 12.8. The van der Waals surface area contributed by atoms with Crippen LogP contribution in [0, 0.1) is 0 Å². The lowest BCUT2D eigenvalue weighted by molar-refractivity contribution is -0.140. The highest BCUT2D eigenvalue weighted by Crippen LogP contribution is 2.42. The average molecular weight is 427 g/mol. The third kappa shape index (κ3) is 2.80. The highest BCUT2D eigenvalue weighted by molar-refractivity contribution is 6.40. The molecule has 1 aliphatic rings. The number of carboxylic acids is 1. The molecule has 138 valence electrons. The first-order chi connectivity index (χ1) is 12.9. The Kier molecular flexibility index (Phi) is 4.41. The Morgan fingerprint density at radius 1 is 1.22 bits per heavy atom. The number of tetrazole rings is 1. The zero-order chi connectivity index (χ0) is 19.3. The number of aromatic nitrogens is 5. The molecule has 1 N–H and O–H groups in total. The van der Waals surface area contributed by atoms with E-state index in [1.54, 1.807) is 18.2 Å². The number of rotatable bonds is 3. The van der Waals surface area contributed by atoms with Crippen molar-refractivity contribution in [2.45, 2.75) is 18.9 Å². The van der Waals surface area contributed by atoms with Crippen molar-refractivity contribution in [3.63, 3.8) is 0 Å². The van der Waals surface area contributed by atoms with Crippen LogP contribution in [-0.4, -0.2) is 35.9 Å². The van der Waals surface area contributed by atoms with Crippen molar-refractivity contribution in [2.24, 2.45) is 0 Å². The smallest absolute Gasteiger partial charge is 0.326 e. The Morgan fingerprint density at radius 2 is 2.00 bits per heavy atom. The summed E-state index contributed by atoms with van der Waals surface area (Å²) in [5.41, 5.74) is 1.07. The fourth-order valence-corrected chi connectivity index (χ4v) is 4.18. The van der Waals surface area contributed by atoms with E-state index in [1.165, 1.54) is 11.0 Å². The van der Waals surface area contributed by atoms with E-state index in [4.69, 9.17) is 34.8 Å². The first-order valence-electron chi connectivity index (χ1n) is 7.78. The monoisotopic (exact) mass is 425 g/mol. The molecule has 27 heavy (non-hydrogen) atoms. The normalized spacial score (nSPS) is 15.7. The predicted molar refractivity (Wildman–Crippen MR) is 98.9 cm³/mol. The van der Waals surface area contributed by atoms with Gasteiger partial charge in [0.15, 0.2) is 0 Å². The lowest BCUT2D eigenvalue weighted by Crippen LogP contribution is -2.28. The van der Waals surface area contributed by atoms with Gasteiger partial charge in [-0.1, -0.05) is 34.8 Å². The number of benzene rings is 1. The number of halogens is 3. The van der Waals surface area contributed by atoms with Gasteiger partial charge in [-0.25, -0.2) is 4.79 Å². The molecule has 0 spiro atoms. The highest BCUT2D eigenvalue weighted by Gasteiger charge is 2.34. The molecule has 0 saturated heterocycles. The van der Waals surface area contributed by atoms with Gasteiger partial charge >= 0.3 is 5.97 Å². The molecule has 1 aromatic carbocycles. The van der Waals surface area contributed by atoms with E-state index in [1.807, 2.05) is 0 Å². The topological polar surface area (TPSA) is 103 Å². The first kappa shape index (κ1) is 18.0. The van der Waals surface area contributed by atoms with Crippen LogP contribution in [0.15, 0.2) is 29.3 Å². The number of pyridine rings is 1. The molecule has 0 aliphatic carbocycles. The summed E-state index contributed by atoms with van der Waals surface area (Å²) in [7, 11) is 0. The van der Waals surface area contributed by atoms with Crippen molar-refractivity contribution in [2.75, 3.05) is 0 Å². The second-order valence-electron chi connectivity index (χ2n) is 5.93. The zero-order valence-electron chi connectivity index (χ0n) is 13.4. The molecular formula is C16H10Cl3N5O3. The molecule has 0 radical (unpaired) electrons. The van der Waals surface area contributed by atoms with E-state index in [0.29, 0.717) is 28.4 Å². The SMILES string of the molecule is O=C(O)C1CCc2c(Cl)c(-c3cc(Cl)ccc3-n3cnnn3)c(Cl)c(=O)n21. The van der Waals surface area contributed by atoms with Crippen LogP contribution >= 0.6 is 34.8 Å². The molecule has 3 aromatic rings. The molecule has 4 rings (SSSR count). The van der Waals surface area contributed by atoms with Crippen LogP contribution in [0.25, 0.3) is 16.8 Å². The number of hydrogen-bond acceptors (Lipinski definition) is 5. The van der Waals surface area contributed by atoms with Gasteiger partial charge in [0.05, 0.1) is 10.7 Å². The van der Waals surface area contributed by atoms with Gasteiger partial charge in [-0.3, -0.25) is 9.36 Å². The minimum Gasteiger partial charge on any atom is -0.480 e. The third-order valence-electron chi connectivity index (χ3n) is 4.46. The Bertz CT molecular complexity index is 1130. The molecule has 1 unspecified atom stereocenters. The lowest BCUT2D eigenvalue weighted by atomic mass is 10.0. The second kappa shape index (κ2) is 6.63. The minimum absolute atomic E-state index is 0.187. The average Bonchev–Trinajstić information content (AvgIpc) is 3.30. The maximum atomic E-state index is 12.8. The molecule has 0 bridgehead atoms. The first-order valence-corrected chi connectivity index (χ1v) is 8.92. The van der Waals surface area contributed by atoms with Gasteiger partial charge in [-0.2, -0.15) is 4.68 Å².